The van der Waals surface area contributed by atoms with Crippen molar-refractivity contribution < 1.29 is 28.3 Å². The minimum atomic E-state index is -4.97. The van der Waals surface area contributed by atoms with Gasteiger partial charge in [0.15, 0.2) is 0 Å². The molecule has 2 aliphatic rings. The molecule has 2 atom stereocenters. The van der Waals surface area contributed by atoms with Crippen LogP contribution in [0, 0.1) is 10.1 Å². The lowest BCUT2D eigenvalue weighted by atomic mass is 9.89. The Balaban J connectivity index is 1.64. The van der Waals surface area contributed by atoms with Crippen molar-refractivity contribution in [2.75, 3.05) is 0 Å². The molecule has 0 fully saturated rings. The van der Waals surface area contributed by atoms with Gasteiger partial charge >= 0.3 is 6.18 Å². The molecular formula is C22H15F3N2O4. The number of nitro benzene ring substituents is 1. The van der Waals surface area contributed by atoms with Gasteiger partial charge in [0.05, 0.1) is 10.6 Å². The monoisotopic (exact) mass is 428 g/mol. The van der Waals surface area contributed by atoms with Crippen LogP contribution in [0.4, 0.5) is 18.9 Å². The molecule has 0 saturated carbocycles. The third-order valence-corrected chi connectivity index (χ3v) is 6.01. The van der Waals surface area contributed by atoms with Crippen molar-refractivity contribution in [1.82, 2.24) is 4.57 Å². The number of halogens is 3. The van der Waals surface area contributed by atoms with Gasteiger partial charge in [-0.2, -0.15) is 13.2 Å². The van der Waals surface area contributed by atoms with E-state index in [1.54, 1.807) is 0 Å². The number of aromatic hydroxyl groups is 2. The van der Waals surface area contributed by atoms with Gasteiger partial charge in [0.25, 0.3) is 5.69 Å². The van der Waals surface area contributed by atoms with Gasteiger partial charge in [-0.15, -0.1) is 0 Å². The molecule has 0 amide bonds. The molecule has 2 aromatic carbocycles. The van der Waals surface area contributed by atoms with Gasteiger partial charge in [0.1, 0.15) is 5.56 Å². The first-order chi connectivity index (χ1) is 14.7. The van der Waals surface area contributed by atoms with Crippen LogP contribution in [-0.4, -0.2) is 19.7 Å². The lowest BCUT2D eigenvalue weighted by Gasteiger charge is -2.15. The van der Waals surface area contributed by atoms with Gasteiger partial charge in [-0.25, -0.2) is 0 Å². The van der Waals surface area contributed by atoms with E-state index in [1.165, 1.54) is 0 Å². The Bertz CT molecular complexity index is 1260. The lowest BCUT2D eigenvalue weighted by molar-refractivity contribution is -0.388. The highest BCUT2D eigenvalue weighted by molar-refractivity contribution is 5.81. The third kappa shape index (κ3) is 2.73. The standard InChI is InChI=1S/C22H15F3N2O4/c23-22(24,25)16-10-13(6-7-17(16)27(30)31)26-20(28)18-12-8-14(11-4-2-1-3-5-11)15(9-12)19(18)21(26)29/h1-8,10,12,15,28-29H,9H2/t12-,15-/m1/s1. The number of rotatable bonds is 3. The van der Waals surface area contributed by atoms with Crippen LogP contribution in [-0.2, 0) is 6.18 Å². The summed E-state index contributed by atoms with van der Waals surface area (Å²) < 4.78 is 41.1. The zero-order valence-corrected chi connectivity index (χ0v) is 15.8. The van der Waals surface area contributed by atoms with E-state index in [2.05, 4.69) is 0 Å². The summed E-state index contributed by atoms with van der Waals surface area (Å²) in [6, 6.07) is 11.9. The van der Waals surface area contributed by atoms with E-state index in [0.717, 1.165) is 27.8 Å². The van der Waals surface area contributed by atoms with Crippen LogP contribution in [0.1, 0.15) is 40.5 Å². The van der Waals surface area contributed by atoms with Crippen molar-refractivity contribution >= 4 is 11.3 Å². The van der Waals surface area contributed by atoms with E-state index in [9.17, 15) is 33.5 Å². The maximum Gasteiger partial charge on any atom is 0.423 e. The summed E-state index contributed by atoms with van der Waals surface area (Å²) in [5.41, 5.74) is 0.178. The first-order valence-electron chi connectivity index (χ1n) is 9.48. The molecule has 2 aliphatic carbocycles. The van der Waals surface area contributed by atoms with E-state index >= 15 is 0 Å². The summed E-state index contributed by atoms with van der Waals surface area (Å²) in [5, 5.41) is 32.7. The highest BCUT2D eigenvalue weighted by Crippen LogP contribution is 2.62. The van der Waals surface area contributed by atoms with Crippen LogP contribution < -0.4 is 0 Å². The van der Waals surface area contributed by atoms with Gasteiger partial charge in [-0.1, -0.05) is 36.4 Å². The highest BCUT2D eigenvalue weighted by atomic mass is 19.4. The van der Waals surface area contributed by atoms with Crippen LogP contribution in [0.5, 0.6) is 11.8 Å². The molecule has 1 heterocycles. The van der Waals surface area contributed by atoms with Crippen molar-refractivity contribution in [3.05, 3.63) is 87.0 Å². The minimum absolute atomic E-state index is 0.178. The molecule has 9 heteroatoms. The summed E-state index contributed by atoms with van der Waals surface area (Å²) in [6.45, 7) is 0. The fourth-order valence-electron chi connectivity index (χ4n) is 4.77. The highest BCUT2D eigenvalue weighted by Gasteiger charge is 2.46. The molecule has 2 N–H and O–H groups in total. The number of aromatic nitrogens is 1. The normalized spacial score (nSPS) is 19.4. The molecule has 6 nitrogen and oxygen atoms in total. The molecule has 0 aliphatic heterocycles. The van der Waals surface area contributed by atoms with Crippen LogP contribution in [0.15, 0.2) is 54.6 Å². The fourth-order valence-corrected chi connectivity index (χ4v) is 4.77. The van der Waals surface area contributed by atoms with E-state index in [-0.39, 0.29) is 29.3 Å². The molecule has 0 unspecified atom stereocenters. The molecule has 5 rings (SSSR count). The SMILES string of the molecule is O=[N+]([O-])c1ccc(-n2c(O)c3c(c2O)[C@@H]2C[C@H]3C=C2c2ccccc2)cc1C(F)(F)F. The Hall–Kier alpha value is -3.75. The number of benzene rings is 2. The van der Waals surface area contributed by atoms with Crippen molar-refractivity contribution in [2.45, 2.75) is 24.4 Å². The molecule has 31 heavy (non-hydrogen) atoms. The van der Waals surface area contributed by atoms with Crippen LogP contribution >= 0.6 is 0 Å². The van der Waals surface area contributed by atoms with Gasteiger partial charge in [0.2, 0.25) is 11.8 Å². The fraction of sp³-hybridized carbons (Fsp3) is 0.182. The average molecular weight is 428 g/mol. The molecule has 0 radical (unpaired) electrons. The zero-order valence-electron chi connectivity index (χ0n) is 15.8. The Morgan fingerprint density at radius 3 is 2.35 bits per heavy atom. The quantitative estimate of drug-likeness (QED) is 0.427. The van der Waals surface area contributed by atoms with Crippen molar-refractivity contribution in [2.24, 2.45) is 0 Å². The number of fused-ring (bicyclic) bond motifs is 5. The maximum absolute atomic E-state index is 13.4. The van der Waals surface area contributed by atoms with Gasteiger partial charge in [0, 0.05) is 29.0 Å². The predicted molar refractivity (Wildman–Crippen MR) is 105 cm³/mol. The molecule has 0 spiro atoms. The Kier molecular flexibility index (Phi) is 3.95. The van der Waals surface area contributed by atoms with E-state index in [4.69, 9.17) is 0 Å². The summed E-state index contributed by atoms with van der Waals surface area (Å²) in [5.74, 6) is -1.09. The first-order valence-corrected chi connectivity index (χ1v) is 9.48. The van der Waals surface area contributed by atoms with E-state index in [1.807, 2.05) is 36.4 Å². The number of alkyl halides is 3. The van der Waals surface area contributed by atoms with Gasteiger partial charge < -0.3 is 10.2 Å². The number of hydrogen-bond acceptors (Lipinski definition) is 4. The van der Waals surface area contributed by atoms with Crippen molar-refractivity contribution in [1.29, 1.82) is 0 Å². The third-order valence-electron chi connectivity index (χ3n) is 6.01. The second-order valence-corrected chi connectivity index (χ2v) is 7.65. The van der Waals surface area contributed by atoms with Gasteiger partial charge in [-0.05, 0) is 29.7 Å². The summed E-state index contributed by atoms with van der Waals surface area (Å²) in [6.07, 6.45) is -2.31. The summed E-state index contributed by atoms with van der Waals surface area (Å²) >= 11 is 0. The molecule has 158 valence electrons. The van der Waals surface area contributed by atoms with Crippen LogP contribution in [0.2, 0.25) is 0 Å². The second kappa shape index (κ2) is 6.37. The molecular weight excluding hydrogens is 413 g/mol. The van der Waals surface area contributed by atoms with Crippen molar-refractivity contribution in [3.63, 3.8) is 0 Å². The topological polar surface area (TPSA) is 88.5 Å². The Morgan fingerprint density at radius 2 is 1.71 bits per heavy atom. The minimum Gasteiger partial charge on any atom is -0.494 e. The number of allylic oxidation sites excluding steroid dienone is 2. The first kappa shape index (κ1) is 19.2. The van der Waals surface area contributed by atoms with Crippen molar-refractivity contribution in [3.8, 4) is 17.4 Å². The zero-order chi connectivity index (χ0) is 22.1. The van der Waals surface area contributed by atoms with Crippen LogP contribution in [0.3, 0.4) is 0 Å². The summed E-state index contributed by atoms with van der Waals surface area (Å²) in [7, 11) is 0. The number of hydrogen-bond donors (Lipinski definition) is 2. The van der Waals surface area contributed by atoms with Gasteiger partial charge in [-0.3, -0.25) is 14.7 Å². The molecule has 0 saturated heterocycles. The van der Waals surface area contributed by atoms with E-state index < -0.39 is 22.4 Å². The average Bonchev–Trinajstić information content (AvgIpc) is 3.39. The number of nitro groups is 1. The second-order valence-electron chi connectivity index (χ2n) is 7.65. The molecule has 3 aromatic rings. The maximum atomic E-state index is 13.4. The Labute approximate surface area is 173 Å². The number of nitrogens with zero attached hydrogens (tertiary/aromatic N) is 2. The summed E-state index contributed by atoms with van der Waals surface area (Å²) in [4.78, 5) is 9.91. The predicted octanol–water partition coefficient (Wildman–Crippen LogP) is 5.48. The largest absolute Gasteiger partial charge is 0.494 e. The van der Waals surface area contributed by atoms with Crippen LogP contribution in [0.25, 0.3) is 11.3 Å². The smallest absolute Gasteiger partial charge is 0.423 e. The van der Waals surface area contributed by atoms with E-state index in [0.29, 0.717) is 23.6 Å². The molecule has 1 aromatic heterocycles. The molecule has 2 bridgehead atoms. The Morgan fingerprint density at radius 1 is 1.03 bits per heavy atom. The lowest BCUT2D eigenvalue weighted by Crippen LogP contribution is -2.10.